The molecule has 0 spiro atoms. The van der Waals surface area contributed by atoms with Crippen molar-refractivity contribution in [1.29, 1.82) is 0 Å². The number of ether oxygens (including phenoxy) is 2. The standard InChI is InChI=1S/C16H30O3/c1-2-18-16(13-7-4-3-5-8-13)15(17)11-10-14-9-6-12-19-14/h13-17H,2-12H2,1H3. The van der Waals surface area contributed by atoms with Crippen LogP contribution in [0.5, 0.6) is 0 Å². The Bertz CT molecular complexity index is 232. The minimum Gasteiger partial charge on any atom is -0.390 e. The fourth-order valence-electron chi connectivity index (χ4n) is 3.61. The van der Waals surface area contributed by atoms with Gasteiger partial charge < -0.3 is 14.6 Å². The van der Waals surface area contributed by atoms with Crippen LogP contribution < -0.4 is 0 Å². The van der Waals surface area contributed by atoms with Gasteiger partial charge >= 0.3 is 0 Å². The van der Waals surface area contributed by atoms with Crippen molar-refractivity contribution in [2.45, 2.75) is 83.0 Å². The lowest BCUT2D eigenvalue weighted by Gasteiger charge is -2.33. The van der Waals surface area contributed by atoms with Gasteiger partial charge in [-0.05, 0) is 51.4 Å². The van der Waals surface area contributed by atoms with Crippen molar-refractivity contribution in [3.8, 4) is 0 Å². The zero-order valence-electron chi connectivity index (χ0n) is 12.4. The first-order valence-electron chi connectivity index (χ1n) is 8.22. The molecule has 3 atom stereocenters. The second-order valence-electron chi connectivity index (χ2n) is 6.10. The van der Waals surface area contributed by atoms with Crippen LogP contribution in [0.4, 0.5) is 0 Å². The molecule has 1 saturated heterocycles. The predicted octanol–water partition coefficient (Wildman–Crippen LogP) is 3.29. The van der Waals surface area contributed by atoms with E-state index in [4.69, 9.17) is 9.47 Å². The highest BCUT2D eigenvalue weighted by molar-refractivity contribution is 4.81. The van der Waals surface area contributed by atoms with Crippen molar-refractivity contribution < 1.29 is 14.6 Å². The van der Waals surface area contributed by atoms with Crippen LogP contribution in [0.2, 0.25) is 0 Å². The summed E-state index contributed by atoms with van der Waals surface area (Å²) in [6, 6.07) is 0. The Labute approximate surface area is 117 Å². The Balaban J connectivity index is 1.78. The summed E-state index contributed by atoms with van der Waals surface area (Å²) < 4.78 is 11.5. The quantitative estimate of drug-likeness (QED) is 0.771. The third-order valence-electron chi connectivity index (χ3n) is 4.66. The Morgan fingerprint density at radius 3 is 2.58 bits per heavy atom. The van der Waals surface area contributed by atoms with Gasteiger partial charge in [0.2, 0.25) is 0 Å². The molecule has 3 nitrogen and oxygen atoms in total. The molecule has 0 aromatic carbocycles. The first-order chi connectivity index (χ1) is 9.31. The smallest absolute Gasteiger partial charge is 0.0861 e. The van der Waals surface area contributed by atoms with Crippen molar-refractivity contribution >= 4 is 0 Å². The normalized spacial score (nSPS) is 28.4. The first-order valence-corrected chi connectivity index (χ1v) is 8.22. The molecule has 3 unspecified atom stereocenters. The molecule has 0 radical (unpaired) electrons. The molecule has 2 aliphatic rings. The second-order valence-corrected chi connectivity index (χ2v) is 6.10. The van der Waals surface area contributed by atoms with Gasteiger partial charge in [-0.25, -0.2) is 0 Å². The van der Waals surface area contributed by atoms with Crippen LogP contribution in [-0.2, 0) is 9.47 Å². The van der Waals surface area contributed by atoms with Gasteiger partial charge in [0, 0.05) is 13.2 Å². The van der Waals surface area contributed by atoms with Crippen LogP contribution in [0.3, 0.4) is 0 Å². The third-order valence-corrected chi connectivity index (χ3v) is 4.66. The zero-order valence-corrected chi connectivity index (χ0v) is 12.4. The van der Waals surface area contributed by atoms with Gasteiger partial charge in [0.05, 0.1) is 18.3 Å². The van der Waals surface area contributed by atoms with Crippen LogP contribution in [0, 0.1) is 5.92 Å². The maximum Gasteiger partial charge on any atom is 0.0861 e. The van der Waals surface area contributed by atoms with Crippen LogP contribution >= 0.6 is 0 Å². The maximum atomic E-state index is 10.5. The molecule has 0 amide bonds. The van der Waals surface area contributed by atoms with E-state index in [1.54, 1.807) is 0 Å². The number of rotatable bonds is 7. The summed E-state index contributed by atoms with van der Waals surface area (Å²) in [4.78, 5) is 0. The summed E-state index contributed by atoms with van der Waals surface area (Å²) >= 11 is 0. The average molecular weight is 270 g/mol. The average Bonchev–Trinajstić information content (AvgIpc) is 2.96. The summed E-state index contributed by atoms with van der Waals surface area (Å²) in [5.41, 5.74) is 0. The minimum atomic E-state index is -0.313. The summed E-state index contributed by atoms with van der Waals surface area (Å²) in [6.45, 7) is 3.64. The molecule has 1 saturated carbocycles. The van der Waals surface area contributed by atoms with E-state index in [0.717, 1.165) is 25.9 Å². The lowest BCUT2D eigenvalue weighted by Crippen LogP contribution is -2.37. The summed E-state index contributed by atoms with van der Waals surface area (Å²) in [7, 11) is 0. The van der Waals surface area contributed by atoms with Crippen molar-refractivity contribution in [2.24, 2.45) is 5.92 Å². The summed E-state index contributed by atoms with van der Waals surface area (Å²) in [5.74, 6) is 0.563. The van der Waals surface area contributed by atoms with Gasteiger partial charge in [0.25, 0.3) is 0 Å². The number of aliphatic hydroxyl groups excluding tert-OH is 1. The largest absolute Gasteiger partial charge is 0.390 e. The van der Waals surface area contributed by atoms with Crippen molar-refractivity contribution in [2.75, 3.05) is 13.2 Å². The van der Waals surface area contributed by atoms with E-state index in [9.17, 15) is 5.11 Å². The number of hydrogen-bond donors (Lipinski definition) is 1. The zero-order chi connectivity index (χ0) is 13.5. The molecule has 1 N–H and O–H groups in total. The monoisotopic (exact) mass is 270 g/mol. The molecule has 1 heterocycles. The molecule has 2 fully saturated rings. The van der Waals surface area contributed by atoms with Crippen LogP contribution in [0.1, 0.15) is 64.7 Å². The number of aliphatic hydroxyl groups is 1. The molecule has 3 heteroatoms. The molecule has 0 aromatic heterocycles. The van der Waals surface area contributed by atoms with Gasteiger partial charge in [-0.15, -0.1) is 0 Å². The van der Waals surface area contributed by atoms with E-state index in [2.05, 4.69) is 0 Å². The van der Waals surface area contributed by atoms with Gasteiger partial charge in [-0.3, -0.25) is 0 Å². The fraction of sp³-hybridized carbons (Fsp3) is 1.00. The SMILES string of the molecule is CCOC(C(O)CCC1CCCO1)C1CCCCC1. The molecule has 1 aliphatic carbocycles. The lowest BCUT2D eigenvalue weighted by molar-refractivity contribution is -0.0781. The lowest BCUT2D eigenvalue weighted by atomic mass is 9.82. The minimum absolute atomic E-state index is 0.0479. The summed E-state index contributed by atoms with van der Waals surface area (Å²) in [5, 5.41) is 10.5. The Morgan fingerprint density at radius 2 is 1.95 bits per heavy atom. The van der Waals surface area contributed by atoms with E-state index < -0.39 is 0 Å². The van der Waals surface area contributed by atoms with Crippen molar-refractivity contribution in [3.63, 3.8) is 0 Å². The molecule has 19 heavy (non-hydrogen) atoms. The van der Waals surface area contributed by atoms with E-state index in [0.29, 0.717) is 18.6 Å². The molecular weight excluding hydrogens is 240 g/mol. The second kappa shape index (κ2) is 8.23. The van der Waals surface area contributed by atoms with E-state index in [-0.39, 0.29) is 12.2 Å². The Hall–Kier alpha value is -0.120. The first kappa shape index (κ1) is 15.3. The molecule has 2 rings (SSSR count). The molecule has 1 aliphatic heterocycles. The van der Waals surface area contributed by atoms with Gasteiger partial charge in [0.15, 0.2) is 0 Å². The Kier molecular flexibility index (Phi) is 6.62. The fourth-order valence-corrected chi connectivity index (χ4v) is 3.61. The highest BCUT2D eigenvalue weighted by Gasteiger charge is 2.30. The maximum absolute atomic E-state index is 10.5. The van der Waals surface area contributed by atoms with E-state index in [1.807, 2.05) is 6.92 Å². The summed E-state index contributed by atoms with van der Waals surface area (Å²) in [6.07, 6.45) is 10.7. The molecule has 0 bridgehead atoms. The van der Waals surface area contributed by atoms with E-state index >= 15 is 0 Å². The predicted molar refractivity (Wildman–Crippen MR) is 76.2 cm³/mol. The van der Waals surface area contributed by atoms with Crippen LogP contribution in [0.25, 0.3) is 0 Å². The van der Waals surface area contributed by atoms with Gasteiger partial charge in [-0.1, -0.05) is 19.3 Å². The third kappa shape index (κ3) is 4.73. The van der Waals surface area contributed by atoms with Gasteiger partial charge in [0.1, 0.15) is 0 Å². The topological polar surface area (TPSA) is 38.7 Å². The molecule has 112 valence electrons. The van der Waals surface area contributed by atoms with Crippen LogP contribution in [0.15, 0.2) is 0 Å². The van der Waals surface area contributed by atoms with Crippen LogP contribution in [-0.4, -0.2) is 36.6 Å². The van der Waals surface area contributed by atoms with Crippen molar-refractivity contribution in [3.05, 3.63) is 0 Å². The van der Waals surface area contributed by atoms with Gasteiger partial charge in [-0.2, -0.15) is 0 Å². The number of hydrogen-bond acceptors (Lipinski definition) is 3. The highest BCUT2D eigenvalue weighted by atomic mass is 16.5. The molecule has 0 aromatic rings. The van der Waals surface area contributed by atoms with E-state index in [1.165, 1.54) is 38.5 Å². The highest BCUT2D eigenvalue weighted by Crippen LogP contribution is 2.31. The van der Waals surface area contributed by atoms with Crippen molar-refractivity contribution in [1.82, 2.24) is 0 Å². The Morgan fingerprint density at radius 1 is 1.16 bits per heavy atom. The molecular formula is C16H30O3.